The van der Waals surface area contributed by atoms with E-state index >= 15 is 0 Å². The molecule has 0 spiro atoms. The number of hydrogen-bond acceptors (Lipinski definition) is 2. The molecule has 2 aromatic carbocycles. The number of carbonyl (C=O) groups is 2. The van der Waals surface area contributed by atoms with Gasteiger partial charge in [0.15, 0.2) is 0 Å². The molecular formula is C19H17BrF3NO3. The maximum Gasteiger partial charge on any atom is 0.416 e. The van der Waals surface area contributed by atoms with Crippen molar-refractivity contribution in [3.63, 3.8) is 0 Å². The summed E-state index contributed by atoms with van der Waals surface area (Å²) in [5.41, 5.74) is 0.348. The van der Waals surface area contributed by atoms with Crippen LogP contribution in [0.25, 0.3) is 0 Å². The number of halogens is 4. The number of aliphatic carboxylic acids is 1. The Morgan fingerprint density at radius 2 is 1.63 bits per heavy atom. The van der Waals surface area contributed by atoms with E-state index < -0.39 is 29.7 Å². The van der Waals surface area contributed by atoms with E-state index in [-0.39, 0.29) is 6.54 Å². The van der Waals surface area contributed by atoms with Gasteiger partial charge in [0, 0.05) is 11.0 Å². The Labute approximate surface area is 162 Å². The molecular weight excluding hydrogens is 427 g/mol. The average molecular weight is 444 g/mol. The van der Waals surface area contributed by atoms with Gasteiger partial charge < -0.3 is 10.0 Å². The molecule has 144 valence electrons. The molecule has 0 fully saturated rings. The van der Waals surface area contributed by atoms with Crippen LogP contribution in [0.1, 0.15) is 36.1 Å². The fraction of sp³-hybridized carbons (Fsp3) is 0.263. The van der Waals surface area contributed by atoms with Gasteiger partial charge in [0.2, 0.25) is 0 Å². The van der Waals surface area contributed by atoms with Gasteiger partial charge in [-0.3, -0.25) is 4.79 Å². The number of carbonyl (C=O) groups excluding carboxylic acids is 1. The van der Waals surface area contributed by atoms with Gasteiger partial charge >= 0.3 is 18.1 Å². The number of rotatable bonds is 5. The molecule has 0 saturated heterocycles. The zero-order valence-electron chi connectivity index (χ0n) is 14.3. The third-order valence-corrected chi connectivity index (χ3v) is 4.62. The topological polar surface area (TPSA) is 57.6 Å². The molecule has 0 heterocycles. The lowest BCUT2D eigenvalue weighted by molar-refractivity contribution is -0.157. The Hall–Kier alpha value is -2.35. The summed E-state index contributed by atoms with van der Waals surface area (Å²) in [4.78, 5) is 24.7. The number of amides is 1. The van der Waals surface area contributed by atoms with Crippen LogP contribution in [0.4, 0.5) is 13.2 Å². The third-order valence-electron chi connectivity index (χ3n) is 4.10. The number of nitrogens with zero attached hydrogens (tertiary/aromatic N) is 1. The van der Waals surface area contributed by atoms with E-state index in [1.165, 1.54) is 12.1 Å². The monoisotopic (exact) mass is 443 g/mol. The second kappa shape index (κ2) is 8.56. The van der Waals surface area contributed by atoms with E-state index in [9.17, 15) is 22.8 Å². The molecule has 0 aliphatic rings. The van der Waals surface area contributed by atoms with Gasteiger partial charge in [-0.1, -0.05) is 47.1 Å². The standard InChI is InChI=1S/C19H17BrF3NO3/c1-2-16(13-5-7-14(8-6-13)19(21,22)23)24(17(25)18(26)27)11-12-3-9-15(20)10-4-12/h3-10,16H,2,11H2,1H3,(H,26,27). The van der Waals surface area contributed by atoms with E-state index in [0.717, 1.165) is 21.5 Å². The van der Waals surface area contributed by atoms with Crippen LogP contribution in [0.5, 0.6) is 0 Å². The number of alkyl halides is 3. The Kier molecular flexibility index (Phi) is 6.64. The van der Waals surface area contributed by atoms with E-state index in [2.05, 4.69) is 15.9 Å². The number of carboxylic acid groups (broad SMARTS) is 1. The smallest absolute Gasteiger partial charge is 0.416 e. The number of hydrogen-bond donors (Lipinski definition) is 1. The maximum atomic E-state index is 12.8. The number of carboxylic acids is 1. The molecule has 0 saturated carbocycles. The predicted octanol–water partition coefficient (Wildman–Crippen LogP) is 5.03. The fourth-order valence-electron chi connectivity index (χ4n) is 2.76. The molecule has 0 aliphatic heterocycles. The highest BCUT2D eigenvalue weighted by atomic mass is 79.9. The second-order valence-electron chi connectivity index (χ2n) is 5.91. The molecule has 1 amide bonds. The molecule has 0 bridgehead atoms. The normalized spacial score (nSPS) is 12.5. The SMILES string of the molecule is CCC(c1ccc(C(F)(F)F)cc1)N(Cc1ccc(Br)cc1)C(=O)C(=O)O. The van der Waals surface area contributed by atoms with Gasteiger partial charge in [0.25, 0.3) is 0 Å². The zero-order chi connectivity index (χ0) is 20.2. The highest BCUT2D eigenvalue weighted by molar-refractivity contribution is 9.10. The summed E-state index contributed by atoms with van der Waals surface area (Å²) < 4.78 is 39.1. The summed E-state index contributed by atoms with van der Waals surface area (Å²) in [6.45, 7) is 1.77. The summed E-state index contributed by atoms with van der Waals surface area (Å²) in [6.07, 6.45) is -4.12. The largest absolute Gasteiger partial charge is 0.474 e. The molecule has 1 unspecified atom stereocenters. The maximum absolute atomic E-state index is 12.8. The molecule has 27 heavy (non-hydrogen) atoms. The van der Waals surface area contributed by atoms with Gasteiger partial charge in [-0.25, -0.2) is 4.79 Å². The van der Waals surface area contributed by atoms with E-state index in [0.29, 0.717) is 17.5 Å². The van der Waals surface area contributed by atoms with Crippen LogP contribution in [-0.4, -0.2) is 21.9 Å². The van der Waals surface area contributed by atoms with Crippen LogP contribution in [0.15, 0.2) is 53.0 Å². The van der Waals surface area contributed by atoms with Crippen LogP contribution in [0, 0.1) is 0 Å². The summed E-state index contributed by atoms with van der Waals surface area (Å²) in [7, 11) is 0. The first-order chi connectivity index (χ1) is 12.6. The lowest BCUT2D eigenvalue weighted by Crippen LogP contribution is -2.38. The molecule has 0 aliphatic carbocycles. The van der Waals surface area contributed by atoms with Crippen molar-refractivity contribution in [2.45, 2.75) is 32.1 Å². The third kappa shape index (κ3) is 5.32. The Morgan fingerprint density at radius 1 is 1.07 bits per heavy atom. The van der Waals surface area contributed by atoms with Crippen molar-refractivity contribution in [2.24, 2.45) is 0 Å². The van der Waals surface area contributed by atoms with Crippen LogP contribution in [0.3, 0.4) is 0 Å². The van der Waals surface area contributed by atoms with Crippen molar-refractivity contribution in [3.8, 4) is 0 Å². The predicted molar refractivity (Wildman–Crippen MR) is 96.8 cm³/mol. The highest BCUT2D eigenvalue weighted by Crippen LogP contribution is 2.32. The Bertz CT molecular complexity index is 804. The molecule has 2 aromatic rings. The van der Waals surface area contributed by atoms with E-state index in [1.54, 1.807) is 31.2 Å². The van der Waals surface area contributed by atoms with Crippen LogP contribution < -0.4 is 0 Å². The fourth-order valence-corrected chi connectivity index (χ4v) is 3.03. The summed E-state index contributed by atoms with van der Waals surface area (Å²) >= 11 is 3.30. The molecule has 8 heteroatoms. The quantitative estimate of drug-likeness (QED) is 0.659. The molecule has 2 rings (SSSR count). The van der Waals surface area contributed by atoms with Crippen molar-refractivity contribution in [2.75, 3.05) is 0 Å². The van der Waals surface area contributed by atoms with E-state index in [1.807, 2.05) is 0 Å². The molecule has 0 radical (unpaired) electrons. The molecule has 1 atom stereocenters. The molecule has 1 N–H and O–H groups in total. The van der Waals surface area contributed by atoms with Crippen LogP contribution in [0.2, 0.25) is 0 Å². The Balaban J connectivity index is 2.37. The summed E-state index contributed by atoms with van der Waals surface area (Å²) in [5, 5.41) is 9.17. The first kappa shape index (κ1) is 21.0. The van der Waals surface area contributed by atoms with Gasteiger partial charge in [-0.2, -0.15) is 13.2 Å². The lowest BCUT2D eigenvalue weighted by atomic mass is 10.00. The zero-order valence-corrected chi connectivity index (χ0v) is 15.9. The van der Waals surface area contributed by atoms with Gasteiger partial charge in [0.05, 0.1) is 11.6 Å². The number of benzene rings is 2. The van der Waals surface area contributed by atoms with Crippen molar-refractivity contribution in [1.29, 1.82) is 0 Å². The first-order valence-corrected chi connectivity index (χ1v) is 8.88. The van der Waals surface area contributed by atoms with Crippen molar-refractivity contribution in [1.82, 2.24) is 4.90 Å². The van der Waals surface area contributed by atoms with Crippen LogP contribution >= 0.6 is 15.9 Å². The first-order valence-electron chi connectivity index (χ1n) is 8.09. The van der Waals surface area contributed by atoms with Crippen LogP contribution in [-0.2, 0) is 22.3 Å². The summed E-state index contributed by atoms with van der Waals surface area (Å²) in [5.74, 6) is -2.72. The second-order valence-corrected chi connectivity index (χ2v) is 6.82. The highest BCUT2D eigenvalue weighted by Gasteiger charge is 2.32. The Morgan fingerprint density at radius 3 is 2.07 bits per heavy atom. The summed E-state index contributed by atoms with van der Waals surface area (Å²) in [6, 6.07) is 10.8. The minimum Gasteiger partial charge on any atom is -0.474 e. The minimum absolute atomic E-state index is 0.0257. The van der Waals surface area contributed by atoms with Gasteiger partial charge in [-0.15, -0.1) is 0 Å². The molecule has 4 nitrogen and oxygen atoms in total. The van der Waals surface area contributed by atoms with Crippen molar-refractivity contribution >= 4 is 27.8 Å². The van der Waals surface area contributed by atoms with Gasteiger partial charge in [0.1, 0.15) is 0 Å². The lowest BCUT2D eigenvalue weighted by Gasteiger charge is -2.30. The average Bonchev–Trinajstić information content (AvgIpc) is 2.62. The van der Waals surface area contributed by atoms with Crippen molar-refractivity contribution < 1.29 is 27.9 Å². The van der Waals surface area contributed by atoms with E-state index in [4.69, 9.17) is 5.11 Å². The van der Waals surface area contributed by atoms with Gasteiger partial charge in [-0.05, 0) is 41.8 Å². The minimum atomic E-state index is -4.46. The van der Waals surface area contributed by atoms with Crippen molar-refractivity contribution in [3.05, 3.63) is 69.7 Å². The molecule has 0 aromatic heterocycles.